The van der Waals surface area contributed by atoms with Gasteiger partial charge in [-0.15, -0.1) is 0 Å². The molecular weight excluding hydrogens is 320 g/mol. The lowest BCUT2D eigenvalue weighted by Crippen LogP contribution is -2.56. The number of unbranched alkanes of at least 4 members (excludes halogenated alkanes) is 2. The van der Waals surface area contributed by atoms with Crippen LogP contribution in [0.15, 0.2) is 0 Å². The van der Waals surface area contributed by atoms with Crippen LogP contribution in [0.5, 0.6) is 0 Å². The molecule has 144 valence electrons. The molecule has 0 aromatic heterocycles. The quantitative estimate of drug-likeness (QED) is 0.742. The molecule has 7 nitrogen and oxygen atoms in total. The number of piperidine rings is 1. The van der Waals surface area contributed by atoms with E-state index >= 15 is 0 Å². The van der Waals surface area contributed by atoms with Crippen LogP contribution in [0.4, 0.5) is 9.59 Å². The Hall–Kier alpha value is -1.50. The van der Waals surface area contributed by atoms with Crippen LogP contribution in [0.1, 0.15) is 46.0 Å². The average Bonchev–Trinajstić information content (AvgIpc) is 2.65. The molecule has 0 atom stereocenters. The summed E-state index contributed by atoms with van der Waals surface area (Å²) in [6.45, 7) is 10.2. The zero-order chi connectivity index (χ0) is 18.1. The normalized spacial score (nSPS) is 19.8. The van der Waals surface area contributed by atoms with Crippen molar-refractivity contribution in [3.8, 4) is 0 Å². The molecule has 2 aliphatic rings. The van der Waals surface area contributed by atoms with Gasteiger partial charge in [-0.05, 0) is 26.2 Å². The predicted octanol–water partition coefficient (Wildman–Crippen LogP) is 2.12. The van der Waals surface area contributed by atoms with Gasteiger partial charge in [0.1, 0.15) is 0 Å². The smallest absolute Gasteiger partial charge is 0.409 e. The Morgan fingerprint density at radius 1 is 0.960 bits per heavy atom. The highest BCUT2D eigenvalue weighted by molar-refractivity contribution is 5.74. The van der Waals surface area contributed by atoms with E-state index in [1.807, 2.05) is 11.8 Å². The van der Waals surface area contributed by atoms with Gasteiger partial charge < -0.3 is 19.9 Å². The molecule has 2 aliphatic heterocycles. The lowest BCUT2D eigenvalue weighted by atomic mass is 10.0. The second-order valence-corrected chi connectivity index (χ2v) is 6.88. The highest BCUT2D eigenvalue weighted by Crippen LogP contribution is 2.19. The summed E-state index contributed by atoms with van der Waals surface area (Å²) in [6.07, 6.45) is 5.18. The molecule has 0 aliphatic carbocycles. The number of piperazine rings is 1. The van der Waals surface area contributed by atoms with Crippen molar-refractivity contribution in [3.05, 3.63) is 0 Å². The van der Waals surface area contributed by atoms with Crippen LogP contribution in [0, 0.1) is 0 Å². The third kappa shape index (κ3) is 6.06. The number of hydrogen-bond donors (Lipinski definition) is 1. The van der Waals surface area contributed by atoms with Crippen molar-refractivity contribution in [2.24, 2.45) is 0 Å². The van der Waals surface area contributed by atoms with E-state index in [0.717, 1.165) is 65.1 Å². The molecule has 2 heterocycles. The third-order valence-corrected chi connectivity index (χ3v) is 5.16. The first-order chi connectivity index (χ1) is 12.2. The topological polar surface area (TPSA) is 65.1 Å². The highest BCUT2D eigenvalue weighted by atomic mass is 16.6. The van der Waals surface area contributed by atoms with Crippen LogP contribution in [0.2, 0.25) is 0 Å². The molecule has 0 aromatic carbocycles. The van der Waals surface area contributed by atoms with Gasteiger partial charge in [-0.1, -0.05) is 19.8 Å². The summed E-state index contributed by atoms with van der Waals surface area (Å²) in [5.74, 6) is 0. The molecule has 0 aromatic rings. The van der Waals surface area contributed by atoms with E-state index in [2.05, 4.69) is 17.1 Å². The predicted molar refractivity (Wildman–Crippen MR) is 97.7 cm³/mol. The Labute approximate surface area is 151 Å². The van der Waals surface area contributed by atoms with Crippen LogP contribution < -0.4 is 5.32 Å². The Bertz CT molecular complexity index is 417. The number of hydrogen-bond acceptors (Lipinski definition) is 4. The fraction of sp³-hybridized carbons (Fsp3) is 0.889. The minimum atomic E-state index is -0.189. The van der Waals surface area contributed by atoms with Crippen molar-refractivity contribution in [1.29, 1.82) is 0 Å². The summed E-state index contributed by atoms with van der Waals surface area (Å²) in [5, 5.41) is 3.02. The van der Waals surface area contributed by atoms with E-state index in [-0.39, 0.29) is 12.1 Å². The maximum Gasteiger partial charge on any atom is 0.409 e. The van der Waals surface area contributed by atoms with E-state index < -0.39 is 0 Å². The van der Waals surface area contributed by atoms with Crippen molar-refractivity contribution in [1.82, 2.24) is 20.0 Å². The minimum absolute atomic E-state index is 0.0767. The monoisotopic (exact) mass is 354 g/mol. The van der Waals surface area contributed by atoms with E-state index in [1.165, 1.54) is 12.8 Å². The van der Waals surface area contributed by atoms with Crippen molar-refractivity contribution in [2.45, 2.75) is 52.0 Å². The molecule has 0 spiro atoms. The average molecular weight is 354 g/mol. The number of carbonyl (C=O) groups excluding carboxylic acids is 2. The maximum absolute atomic E-state index is 12.2. The Morgan fingerprint density at radius 2 is 1.64 bits per heavy atom. The first-order valence-electron chi connectivity index (χ1n) is 9.84. The lowest BCUT2D eigenvalue weighted by Gasteiger charge is -2.42. The van der Waals surface area contributed by atoms with Crippen molar-refractivity contribution < 1.29 is 14.3 Å². The van der Waals surface area contributed by atoms with Gasteiger partial charge >= 0.3 is 12.1 Å². The molecule has 2 rings (SSSR count). The summed E-state index contributed by atoms with van der Waals surface area (Å²) >= 11 is 0. The standard InChI is InChI=1S/C18H34N4O3/c1-3-5-6-9-19-17(23)21-14-12-20(13-15-21)16-7-10-22(11-8-16)18(24)25-4-2/h16H,3-15H2,1-2H3,(H,19,23). The molecule has 25 heavy (non-hydrogen) atoms. The van der Waals surface area contributed by atoms with Crippen molar-refractivity contribution >= 4 is 12.1 Å². The number of nitrogens with zero attached hydrogens (tertiary/aromatic N) is 3. The van der Waals surface area contributed by atoms with Crippen LogP contribution >= 0.6 is 0 Å². The number of nitrogens with one attached hydrogen (secondary N) is 1. The summed E-state index contributed by atoms with van der Waals surface area (Å²) in [7, 11) is 0. The largest absolute Gasteiger partial charge is 0.450 e. The van der Waals surface area contributed by atoms with Gasteiger partial charge in [0.25, 0.3) is 0 Å². The van der Waals surface area contributed by atoms with Gasteiger partial charge in [0.2, 0.25) is 0 Å². The maximum atomic E-state index is 12.2. The molecule has 1 N–H and O–H groups in total. The minimum Gasteiger partial charge on any atom is -0.450 e. The van der Waals surface area contributed by atoms with Crippen molar-refractivity contribution in [3.63, 3.8) is 0 Å². The van der Waals surface area contributed by atoms with Gasteiger partial charge in [0.15, 0.2) is 0 Å². The van der Waals surface area contributed by atoms with E-state index in [0.29, 0.717) is 12.6 Å². The zero-order valence-electron chi connectivity index (χ0n) is 15.8. The number of urea groups is 1. The molecular formula is C18H34N4O3. The zero-order valence-corrected chi connectivity index (χ0v) is 15.8. The first kappa shape index (κ1) is 19.8. The number of rotatable bonds is 6. The van der Waals surface area contributed by atoms with Crippen LogP contribution in [0.25, 0.3) is 0 Å². The first-order valence-corrected chi connectivity index (χ1v) is 9.84. The van der Waals surface area contributed by atoms with Gasteiger partial charge in [-0.25, -0.2) is 9.59 Å². The number of ether oxygens (including phenoxy) is 1. The Balaban J connectivity index is 1.65. The fourth-order valence-corrected chi connectivity index (χ4v) is 3.60. The van der Waals surface area contributed by atoms with Gasteiger partial charge in [-0.2, -0.15) is 0 Å². The third-order valence-electron chi connectivity index (χ3n) is 5.16. The second-order valence-electron chi connectivity index (χ2n) is 6.88. The van der Waals surface area contributed by atoms with E-state index in [9.17, 15) is 9.59 Å². The molecule has 0 radical (unpaired) electrons. The molecule has 0 saturated carbocycles. The molecule has 7 heteroatoms. The van der Waals surface area contributed by atoms with Gasteiger partial charge in [0, 0.05) is 51.9 Å². The summed E-state index contributed by atoms with van der Waals surface area (Å²) < 4.78 is 5.07. The van der Waals surface area contributed by atoms with Gasteiger partial charge in [0.05, 0.1) is 6.61 Å². The van der Waals surface area contributed by atoms with Crippen LogP contribution in [-0.4, -0.2) is 85.3 Å². The van der Waals surface area contributed by atoms with Crippen LogP contribution in [-0.2, 0) is 4.74 Å². The van der Waals surface area contributed by atoms with E-state index in [1.54, 1.807) is 4.90 Å². The molecule has 2 fully saturated rings. The Morgan fingerprint density at radius 3 is 2.24 bits per heavy atom. The lowest BCUT2D eigenvalue weighted by molar-refractivity contribution is 0.0568. The summed E-state index contributed by atoms with van der Waals surface area (Å²) in [4.78, 5) is 30.1. The fourth-order valence-electron chi connectivity index (χ4n) is 3.60. The van der Waals surface area contributed by atoms with Crippen LogP contribution in [0.3, 0.4) is 0 Å². The van der Waals surface area contributed by atoms with E-state index in [4.69, 9.17) is 4.74 Å². The number of carbonyl (C=O) groups is 2. The number of amides is 3. The molecule has 3 amide bonds. The number of likely N-dealkylation sites (tertiary alicyclic amines) is 1. The van der Waals surface area contributed by atoms with Crippen molar-refractivity contribution in [2.75, 3.05) is 52.4 Å². The summed E-state index contributed by atoms with van der Waals surface area (Å²) in [6, 6.07) is 0.591. The second kappa shape index (κ2) is 10.5. The van der Waals surface area contributed by atoms with Gasteiger partial charge in [-0.3, -0.25) is 4.90 Å². The summed E-state index contributed by atoms with van der Waals surface area (Å²) in [5.41, 5.74) is 0. The molecule has 0 bridgehead atoms. The molecule has 0 unspecified atom stereocenters. The molecule has 2 saturated heterocycles. The Kier molecular flexibility index (Phi) is 8.31. The SMILES string of the molecule is CCCCCNC(=O)N1CCN(C2CCN(C(=O)OCC)CC2)CC1. The highest BCUT2D eigenvalue weighted by Gasteiger charge is 2.30.